The van der Waals surface area contributed by atoms with Crippen LogP contribution in [0.3, 0.4) is 0 Å². The molecular formula is C11H19NO3S. The standard InChI is InChI=1S/C10H16N.CH4O3S/c1-3-4-7-11-8-5-10(2)6-9-11;1-5(2,3)4/h5-6,8-9H,3-4,7H2,1-2H3;1H3,(H,2,3,4)/q+1;/p-1. The molecule has 0 saturated heterocycles. The lowest BCUT2D eigenvalue weighted by Gasteiger charge is -1.94. The summed E-state index contributed by atoms with van der Waals surface area (Å²) in [6, 6.07) is 4.30. The van der Waals surface area contributed by atoms with Crippen molar-refractivity contribution in [3.05, 3.63) is 30.1 Å². The predicted molar refractivity (Wildman–Crippen MR) is 61.9 cm³/mol. The highest BCUT2D eigenvalue weighted by Gasteiger charge is 1.95. The van der Waals surface area contributed by atoms with Gasteiger partial charge in [0.15, 0.2) is 12.4 Å². The fourth-order valence-corrected chi connectivity index (χ4v) is 1.02. The molecule has 0 bridgehead atoms. The third-order valence-corrected chi connectivity index (χ3v) is 1.83. The van der Waals surface area contributed by atoms with E-state index < -0.39 is 10.1 Å². The number of pyridine rings is 1. The fourth-order valence-electron chi connectivity index (χ4n) is 1.02. The largest absolute Gasteiger partial charge is 0.748 e. The lowest BCUT2D eigenvalue weighted by atomic mass is 10.3. The van der Waals surface area contributed by atoms with Crippen LogP contribution in [0.4, 0.5) is 0 Å². The number of rotatable bonds is 3. The van der Waals surface area contributed by atoms with Crippen molar-refractivity contribution in [1.82, 2.24) is 0 Å². The molecule has 1 rings (SSSR count). The molecule has 0 aliphatic carbocycles. The van der Waals surface area contributed by atoms with Crippen LogP contribution in [0.15, 0.2) is 24.5 Å². The monoisotopic (exact) mass is 245 g/mol. The van der Waals surface area contributed by atoms with Gasteiger partial charge in [0.2, 0.25) is 0 Å². The Morgan fingerprint density at radius 2 is 1.75 bits per heavy atom. The Balaban J connectivity index is 0.000000385. The molecule has 0 fully saturated rings. The van der Waals surface area contributed by atoms with Crippen LogP contribution in [0, 0.1) is 6.92 Å². The topological polar surface area (TPSA) is 61.1 Å². The molecule has 0 saturated carbocycles. The van der Waals surface area contributed by atoms with Gasteiger partial charge in [-0.1, -0.05) is 13.3 Å². The van der Waals surface area contributed by atoms with Gasteiger partial charge in [-0.15, -0.1) is 0 Å². The summed E-state index contributed by atoms with van der Waals surface area (Å²) < 4.78 is 29.5. The Kier molecular flexibility index (Phi) is 6.92. The van der Waals surface area contributed by atoms with Crippen LogP contribution in [-0.2, 0) is 16.7 Å². The van der Waals surface area contributed by atoms with E-state index in [1.807, 2.05) is 0 Å². The second-order valence-electron chi connectivity index (χ2n) is 3.67. The van der Waals surface area contributed by atoms with Crippen molar-refractivity contribution in [2.24, 2.45) is 0 Å². The summed E-state index contributed by atoms with van der Waals surface area (Å²) in [7, 11) is -3.92. The number of aryl methyl sites for hydroxylation is 2. The maximum Gasteiger partial charge on any atom is 0.169 e. The maximum atomic E-state index is 9.08. The lowest BCUT2D eigenvalue weighted by molar-refractivity contribution is -0.697. The van der Waals surface area contributed by atoms with Gasteiger partial charge in [0, 0.05) is 24.8 Å². The molecule has 1 aromatic rings. The van der Waals surface area contributed by atoms with Crippen molar-refractivity contribution in [3.8, 4) is 0 Å². The van der Waals surface area contributed by atoms with Gasteiger partial charge >= 0.3 is 0 Å². The van der Waals surface area contributed by atoms with Gasteiger partial charge in [-0.2, -0.15) is 0 Å². The van der Waals surface area contributed by atoms with E-state index in [4.69, 9.17) is 13.0 Å². The molecule has 0 radical (unpaired) electrons. The Labute approximate surface area is 97.7 Å². The zero-order chi connectivity index (χ0) is 12.6. The fraction of sp³-hybridized carbons (Fsp3) is 0.545. The molecule has 4 nitrogen and oxygen atoms in total. The minimum Gasteiger partial charge on any atom is -0.748 e. The van der Waals surface area contributed by atoms with Gasteiger partial charge in [-0.25, -0.2) is 13.0 Å². The van der Waals surface area contributed by atoms with Crippen LogP contribution in [0.5, 0.6) is 0 Å². The Morgan fingerprint density at radius 1 is 1.31 bits per heavy atom. The summed E-state index contributed by atoms with van der Waals surface area (Å²) in [4.78, 5) is 0. The number of aromatic nitrogens is 1. The average molecular weight is 245 g/mol. The van der Waals surface area contributed by atoms with Crippen LogP contribution in [0.2, 0.25) is 0 Å². The smallest absolute Gasteiger partial charge is 0.169 e. The molecule has 0 spiro atoms. The molecule has 0 aliphatic heterocycles. The normalized spacial score (nSPS) is 10.5. The molecule has 0 unspecified atom stereocenters. The van der Waals surface area contributed by atoms with Gasteiger partial charge in [0.05, 0.1) is 10.1 Å². The first kappa shape index (κ1) is 15.1. The molecule has 0 atom stereocenters. The lowest BCUT2D eigenvalue weighted by Crippen LogP contribution is -2.32. The summed E-state index contributed by atoms with van der Waals surface area (Å²) in [6.07, 6.45) is 7.43. The number of nitrogens with zero attached hydrogens (tertiary/aromatic N) is 1. The molecule has 1 aromatic heterocycles. The van der Waals surface area contributed by atoms with E-state index >= 15 is 0 Å². The van der Waals surface area contributed by atoms with Gasteiger partial charge in [0.25, 0.3) is 0 Å². The van der Waals surface area contributed by atoms with Crippen LogP contribution < -0.4 is 4.57 Å². The molecule has 0 aromatic carbocycles. The first-order chi connectivity index (χ1) is 7.33. The summed E-state index contributed by atoms with van der Waals surface area (Å²) in [5, 5.41) is 0. The van der Waals surface area contributed by atoms with Crippen molar-refractivity contribution in [2.75, 3.05) is 6.26 Å². The molecule has 5 heteroatoms. The van der Waals surface area contributed by atoms with Crippen LogP contribution in [0.1, 0.15) is 25.3 Å². The molecular weight excluding hydrogens is 226 g/mol. The van der Waals surface area contributed by atoms with Gasteiger partial charge in [-0.3, -0.25) is 0 Å². The van der Waals surface area contributed by atoms with Gasteiger partial charge < -0.3 is 4.55 Å². The minimum atomic E-state index is -3.92. The van der Waals surface area contributed by atoms with E-state index in [2.05, 4.69) is 42.9 Å². The minimum absolute atomic E-state index is 0.604. The molecule has 0 amide bonds. The molecule has 0 N–H and O–H groups in total. The Hall–Kier alpha value is -0.940. The summed E-state index contributed by atoms with van der Waals surface area (Å²) in [5.41, 5.74) is 1.33. The SMILES string of the molecule is CCCC[n+]1ccc(C)cc1.CS(=O)(=O)[O-]. The van der Waals surface area contributed by atoms with E-state index in [0.29, 0.717) is 6.26 Å². The molecule has 0 aliphatic rings. The van der Waals surface area contributed by atoms with Crippen molar-refractivity contribution in [2.45, 2.75) is 33.2 Å². The highest BCUT2D eigenvalue weighted by atomic mass is 32.2. The van der Waals surface area contributed by atoms with E-state index in [-0.39, 0.29) is 0 Å². The second kappa shape index (κ2) is 7.35. The Morgan fingerprint density at radius 3 is 2.12 bits per heavy atom. The Bertz CT molecular complexity index is 376. The van der Waals surface area contributed by atoms with Gasteiger partial charge in [0.1, 0.15) is 6.54 Å². The van der Waals surface area contributed by atoms with Crippen molar-refractivity contribution < 1.29 is 17.5 Å². The molecule has 92 valence electrons. The van der Waals surface area contributed by atoms with E-state index in [1.54, 1.807) is 0 Å². The third kappa shape index (κ3) is 11.1. The van der Waals surface area contributed by atoms with Crippen molar-refractivity contribution >= 4 is 10.1 Å². The van der Waals surface area contributed by atoms with E-state index in [0.717, 1.165) is 6.54 Å². The zero-order valence-corrected chi connectivity index (χ0v) is 10.8. The van der Waals surface area contributed by atoms with E-state index in [1.165, 1.54) is 18.4 Å². The number of hydrogen-bond acceptors (Lipinski definition) is 3. The maximum absolute atomic E-state index is 9.08. The average Bonchev–Trinajstić information content (AvgIpc) is 2.14. The first-order valence-corrected chi connectivity index (χ1v) is 7.01. The second-order valence-corrected chi connectivity index (χ2v) is 5.08. The predicted octanol–water partition coefficient (Wildman–Crippen LogP) is 1.24. The van der Waals surface area contributed by atoms with Crippen molar-refractivity contribution in [3.63, 3.8) is 0 Å². The van der Waals surface area contributed by atoms with Crippen molar-refractivity contribution in [1.29, 1.82) is 0 Å². The quantitative estimate of drug-likeness (QED) is 0.594. The first-order valence-electron chi connectivity index (χ1n) is 5.19. The summed E-state index contributed by atoms with van der Waals surface area (Å²) in [6.45, 7) is 5.48. The molecule has 1 heterocycles. The van der Waals surface area contributed by atoms with Gasteiger partial charge in [-0.05, 0) is 12.5 Å². The highest BCUT2D eigenvalue weighted by molar-refractivity contribution is 7.84. The number of unbranched alkanes of at least 4 members (excludes halogenated alkanes) is 1. The van der Waals surface area contributed by atoms with Crippen LogP contribution in [0.25, 0.3) is 0 Å². The third-order valence-electron chi connectivity index (χ3n) is 1.83. The van der Waals surface area contributed by atoms with Crippen LogP contribution in [-0.4, -0.2) is 19.2 Å². The number of hydrogen-bond donors (Lipinski definition) is 0. The highest BCUT2D eigenvalue weighted by Crippen LogP contribution is 1.91. The van der Waals surface area contributed by atoms with E-state index in [9.17, 15) is 0 Å². The summed E-state index contributed by atoms with van der Waals surface area (Å²) in [5.74, 6) is 0. The molecule has 16 heavy (non-hydrogen) atoms. The van der Waals surface area contributed by atoms with Crippen LogP contribution >= 0.6 is 0 Å². The summed E-state index contributed by atoms with van der Waals surface area (Å²) >= 11 is 0. The zero-order valence-electron chi connectivity index (χ0n) is 10.0.